The van der Waals surface area contributed by atoms with Crippen LogP contribution in [0.5, 0.6) is 0 Å². The van der Waals surface area contributed by atoms with Gasteiger partial charge in [0.1, 0.15) is 3.55 Å². The van der Waals surface area contributed by atoms with Gasteiger partial charge < -0.3 is 9.88 Å². The van der Waals surface area contributed by atoms with Crippen molar-refractivity contribution in [2.24, 2.45) is 5.92 Å². The molecular formula is C23H27ClIN3O. The summed E-state index contributed by atoms with van der Waals surface area (Å²) in [5, 5.41) is 3.81. The lowest BCUT2D eigenvalue weighted by atomic mass is 10.0. The number of fused-ring (bicyclic) bond motifs is 1. The van der Waals surface area contributed by atoms with Crippen LogP contribution in [0, 0.1) is 5.92 Å². The van der Waals surface area contributed by atoms with Crippen molar-refractivity contribution in [1.82, 2.24) is 14.9 Å². The number of rotatable bonds is 7. The standard InChI is InChI=1S/C23H27ClIN3O/c1-15(2)5-6-16(3)27-22(29)17-7-12-21-20(13-17)26-14-28(21)23(4,25)18-8-10-19(24)11-9-18/h7-16H,5-6H2,1-4H3,(H,27,29)/t16?,23-/m0/s1. The van der Waals surface area contributed by atoms with E-state index >= 15 is 0 Å². The third-order valence-electron chi connectivity index (χ3n) is 5.19. The fraction of sp³-hybridized carbons (Fsp3) is 0.391. The Balaban J connectivity index is 1.82. The Hall–Kier alpha value is -1.60. The zero-order chi connectivity index (χ0) is 21.2. The number of imidazole rings is 1. The molecule has 0 fully saturated rings. The number of nitrogens with zero attached hydrogens (tertiary/aromatic N) is 2. The van der Waals surface area contributed by atoms with E-state index in [1.165, 1.54) is 0 Å². The summed E-state index contributed by atoms with van der Waals surface area (Å²) >= 11 is 8.46. The van der Waals surface area contributed by atoms with Gasteiger partial charge >= 0.3 is 0 Å². The zero-order valence-electron chi connectivity index (χ0n) is 17.2. The molecular weight excluding hydrogens is 497 g/mol. The third-order valence-corrected chi connectivity index (χ3v) is 6.58. The summed E-state index contributed by atoms with van der Waals surface area (Å²) in [5.41, 5.74) is 3.56. The number of halogens is 2. The fourth-order valence-electron chi connectivity index (χ4n) is 3.34. The fourth-order valence-corrected chi connectivity index (χ4v) is 4.21. The van der Waals surface area contributed by atoms with Gasteiger partial charge in [-0.2, -0.15) is 0 Å². The van der Waals surface area contributed by atoms with Crippen LogP contribution in [0.1, 0.15) is 56.5 Å². The summed E-state index contributed by atoms with van der Waals surface area (Å²) in [5.74, 6) is 0.588. The number of aromatic nitrogens is 2. The summed E-state index contributed by atoms with van der Waals surface area (Å²) in [6.45, 7) is 8.59. The van der Waals surface area contributed by atoms with E-state index in [1.54, 1.807) is 0 Å². The second-order valence-electron chi connectivity index (χ2n) is 8.12. The highest BCUT2D eigenvalue weighted by Crippen LogP contribution is 2.36. The first kappa shape index (κ1) is 22.1. The van der Waals surface area contributed by atoms with E-state index in [2.05, 4.69) is 65.2 Å². The molecule has 2 aromatic carbocycles. The molecule has 3 rings (SSSR count). The summed E-state index contributed by atoms with van der Waals surface area (Å²) in [4.78, 5) is 17.2. The highest BCUT2D eigenvalue weighted by molar-refractivity contribution is 14.1. The van der Waals surface area contributed by atoms with Crippen LogP contribution in [0.4, 0.5) is 0 Å². The molecule has 29 heavy (non-hydrogen) atoms. The largest absolute Gasteiger partial charge is 0.350 e. The van der Waals surface area contributed by atoms with E-state index in [0.717, 1.165) is 34.5 Å². The van der Waals surface area contributed by atoms with Crippen molar-refractivity contribution in [3.8, 4) is 0 Å². The van der Waals surface area contributed by atoms with Crippen LogP contribution in [0.3, 0.4) is 0 Å². The van der Waals surface area contributed by atoms with Gasteiger partial charge in [-0.1, -0.05) is 37.6 Å². The first-order valence-electron chi connectivity index (χ1n) is 9.92. The average molecular weight is 524 g/mol. The van der Waals surface area contributed by atoms with Crippen molar-refractivity contribution >= 4 is 51.1 Å². The van der Waals surface area contributed by atoms with Gasteiger partial charge in [-0.25, -0.2) is 4.98 Å². The molecule has 1 aromatic heterocycles. The maximum atomic E-state index is 12.6. The Bertz CT molecular complexity index is 995. The van der Waals surface area contributed by atoms with Crippen molar-refractivity contribution in [2.75, 3.05) is 0 Å². The van der Waals surface area contributed by atoms with Gasteiger partial charge in [0.15, 0.2) is 0 Å². The van der Waals surface area contributed by atoms with Crippen LogP contribution in [-0.2, 0) is 3.55 Å². The highest BCUT2D eigenvalue weighted by atomic mass is 127. The molecule has 1 heterocycles. The molecule has 1 unspecified atom stereocenters. The lowest BCUT2D eigenvalue weighted by molar-refractivity contribution is 0.0937. The Labute approximate surface area is 191 Å². The molecule has 0 aliphatic carbocycles. The van der Waals surface area contributed by atoms with Crippen LogP contribution >= 0.6 is 34.2 Å². The van der Waals surface area contributed by atoms with E-state index in [4.69, 9.17) is 11.6 Å². The number of benzene rings is 2. The molecule has 3 aromatic rings. The SMILES string of the molecule is CC(C)CCC(C)NC(=O)c1ccc2c(c1)ncn2[C@](C)(I)c1ccc(Cl)cc1. The van der Waals surface area contributed by atoms with E-state index in [9.17, 15) is 4.79 Å². The lowest BCUT2D eigenvalue weighted by Gasteiger charge is -2.26. The van der Waals surface area contributed by atoms with Crippen molar-refractivity contribution in [1.29, 1.82) is 0 Å². The summed E-state index contributed by atoms with van der Waals surface area (Å²) in [6.07, 6.45) is 3.91. The lowest BCUT2D eigenvalue weighted by Crippen LogP contribution is -2.32. The number of carbonyl (C=O) groups is 1. The molecule has 0 bridgehead atoms. The van der Waals surface area contributed by atoms with Crippen LogP contribution in [-0.4, -0.2) is 21.5 Å². The first-order valence-corrected chi connectivity index (χ1v) is 11.4. The molecule has 0 saturated heterocycles. The Morgan fingerprint density at radius 3 is 2.52 bits per heavy atom. The zero-order valence-corrected chi connectivity index (χ0v) is 20.2. The van der Waals surface area contributed by atoms with E-state index < -0.39 is 0 Å². The summed E-state index contributed by atoms with van der Waals surface area (Å²) < 4.78 is 1.80. The summed E-state index contributed by atoms with van der Waals surface area (Å²) in [7, 11) is 0. The van der Waals surface area contributed by atoms with Gasteiger partial charge in [-0.3, -0.25) is 4.79 Å². The van der Waals surface area contributed by atoms with Crippen LogP contribution < -0.4 is 5.32 Å². The minimum atomic E-state index is -0.327. The van der Waals surface area contributed by atoms with Crippen molar-refractivity contribution in [2.45, 2.75) is 50.1 Å². The predicted octanol–water partition coefficient (Wildman–Crippen LogP) is 6.40. The number of alkyl halides is 1. The molecule has 4 nitrogen and oxygen atoms in total. The van der Waals surface area contributed by atoms with Crippen molar-refractivity contribution < 1.29 is 4.79 Å². The van der Waals surface area contributed by atoms with E-state index in [1.807, 2.05) is 48.8 Å². The number of amides is 1. The van der Waals surface area contributed by atoms with E-state index in [0.29, 0.717) is 11.5 Å². The molecule has 154 valence electrons. The average Bonchev–Trinajstić information content (AvgIpc) is 3.10. The number of carbonyl (C=O) groups excluding carboxylic acids is 1. The van der Waals surface area contributed by atoms with Crippen LogP contribution in [0.2, 0.25) is 5.02 Å². The van der Waals surface area contributed by atoms with Gasteiger partial charge in [0.05, 0.1) is 17.4 Å². The Morgan fingerprint density at radius 1 is 1.17 bits per heavy atom. The van der Waals surface area contributed by atoms with Crippen molar-refractivity contribution in [3.63, 3.8) is 0 Å². The Morgan fingerprint density at radius 2 is 1.86 bits per heavy atom. The van der Waals surface area contributed by atoms with Crippen molar-refractivity contribution in [3.05, 3.63) is 64.9 Å². The molecule has 6 heteroatoms. The van der Waals surface area contributed by atoms with E-state index in [-0.39, 0.29) is 15.5 Å². The third kappa shape index (κ3) is 5.12. The van der Waals surface area contributed by atoms with Gasteiger partial charge in [0.2, 0.25) is 0 Å². The van der Waals surface area contributed by atoms with Crippen LogP contribution in [0.15, 0.2) is 48.8 Å². The number of hydrogen-bond donors (Lipinski definition) is 1. The maximum absolute atomic E-state index is 12.6. The van der Waals surface area contributed by atoms with Gasteiger partial charge in [-0.15, -0.1) is 0 Å². The minimum absolute atomic E-state index is 0.0485. The second-order valence-corrected chi connectivity index (χ2v) is 10.7. The molecule has 0 aliphatic rings. The molecule has 2 atom stereocenters. The number of hydrogen-bond acceptors (Lipinski definition) is 2. The van der Waals surface area contributed by atoms with Gasteiger partial charge in [-0.05, 0) is 91.1 Å². The quantitative estimate of drug-likeness (QED) is 0.288. The first-order chi connectivity index (χ1) is 13.7. The van der Waals surface area contributed by atoms with Gasteiger partial charge in [0.25, 0.3) is 5.91 Å². The second kappa shape index (κ2) is 9.04. The molecule has 0 saturated carbocycles. The molecule has 0 spiro atoms. The highest BCUT2D eigenvalue weighted by Gasteiger charge is 2.27. The monoisotopic (exact) mass is 523 g/mol. The molecule has 1 amide bonds. The Kier molecular flexibility index (Phi) is 6.89. The predicted molar refractivity (Wildman–Crippen MR) is 129 cm³/mol. The summed E-state index contributed by atoms with van der Waals surface area (Å²) in [6, 6.07) is 13.7. The molecule has 0 aliphatic heterocycles. The van der Waals surface area contributed by atoms with Crippen LogP contribution in [0.25, 0.3) is 11.0 Å². The number of nitrogens with one attached hydrogen (secondary N) is 1. The van der Waals surface area contributed by atoms with Gasteiger partial charge in [0, 0.05) is 16.6 Å². The smallest absolute Gasteiger partial charge is 0.251 e. The molecule has 1 N–H and O–H groups in total. The maximum Gasteiger partial charge on any atom is 0.251 e. The topological polar surface area (TPSA) is 46.9 Å². The normalized spacial score (nSPS) is 14.7. The molecule has 0 radical (unpaired) electrons. The minimum Gasteiger partial charge on any atom is -0.350 e.